The van der Waals surface area contributed by atoms with E-state index in [1.807, 2.05) is 12.1 Å². The maximum Gasteiger partial charge on any atom is 0.501 e. The van der Waals surface area contributed by atoms with Crippen molar-refractivity contribution in [1.82, 2.24) is 4.98 Å². The van der Waals surface area contributed by atoms with E-state index < -0.39 is 26.2 Å². The number of carbonyl (C=O) groups is 1. The summed E-state index contributed by atoms with van der Waals surface area (Å²) in [6.07, 6.45) is 4.63. The van der Waals surface area contributed by atoms with Crippen LogP contribution in [0.4, 0.5) is 13.2 Å². The minimum atomic E-state index is -5.49. The fourth-order valence-corrected chi connectivity index (χ4v) is 6.70. The minimum Gasteiger partial charge on any atom is -0.489 e. The third-order valence-electron chi connectivity index (χ3n) is 7.36. The molecule has 1 aromatic heterocycles. The smallest absolute Gasteiger partial charge is 0.489 e. The molecular formula is C26H26F3NO5S. The molecule has 2 aliphatic rings. The predicted molar refractivity (Wildman–Crippen MR) is 127 cm³/mol. The number of aryl methyl sites for hydroxylation is 1. The van der Waals surface area contributed by atoms with Gasteiger partial charge < -0.3 is 14.8 Å². The van der Waals surface area contributed by atoms with Gasteiger partial charge in [-0.3, -0.25) is 4.79 Å². The molecule has 0 aliphatic heterocycles. The molecule has 0 amide bonds. The van der Waals surface area contributed by atoms with E-state index in [0.717, 1.165) is 53.9 Å². The number of halogens is 3. The highest BCUT2D eigenvalue weighted by Crippen LogP contribution is 2.42. The first kappa shape index (κ1) is 24.7. The quantitative estimate of drug-likeness (QED) is 0.386. The Bertz CT molecular complexity index is 1420. The summed E-state index contributed by atoms with van der Waals surface area (Å²) < 4.78 is 70.9. The summed E-state index contributed by atoms with van der Waals surface area (Å²) in [5, 5.41) is 10.1. The van der Waals surface area contributed by atoms with Crippen LogP contribution in [0.1, 0.15) is 72.7 Å². The molecule has 1 heterocycles. The zero-order valence-corrected chi connectivity index (χ0v) is 20.2. The summed E-state index contributed by atoms with van der Waals surface area (Å²) in [6, 6.07) is 9.60. The number of aromatic amines is 1. The number of aromatic nitrogens is 1. The fraction of sp³-hybridized carbons (Fsp3) is 0.423. The van der Waals surface area contributed by atoms with Crippen LogP contribution in [-0.4, -0.2) is 30.0 Å². The van der Waals surface area contributed by atoms with Crippen molar-refractivity contribution in [1.29, 1.82) is 0 Å². The van der Waals surface area contributed by atoms with E-state index in [4.69, 9.17) is 9.84 Å². The highest BCUT2D eigenvalue weighted by Gasteiger charge is 2.48. The van der Waals surface area contributed by atoms with E-state index in [0.29, 0.717) is 24.2 Å². The lowest BCUT2D eigenvalue weighted by molar-refractivity contribution is -0.137. The van der Waals surface area contributed by atoms with Gasteiger partial charge in [-0.15, -0.1) is 0 Å². The third kappa shape index (κ3) is 4.47. The molecule has 0 radical (unpaired) electrons. The Morgan fingerprint density at radius 2 is 1.83 bits per heavy atom. The maximum atomic E-state index is 13.4. The van der Waals surface area contributed by atoms with Crippen LogP contribution >= 0.6 is 0 Å². The molecule has 10 heteroatoms. The Hall–Kier alpha value is -3.01. The molecule has 2 aliphatic carbocycles. The van der Waals surface area contributed by atoms with Gasteiger partial charge in [-0.05, 0) is 72.6 Å². The molecule has 0 spiro atoms. The Morgan fingerprint density at radius 1 is 1.08 bits per heavy atom. The van der Waals surface area contributed by atoms with Crippen LogP contribution < -0.4 is 4.74 Å². The van der Waals surface area contributed by atoms with Crippen LogP contribution in [0.3, 0.4) is 0 Å². The number of carboxylic acids is 1. The molecule has 5 rings (SSSR count). The normalized spacial score (nSPS) is 18.6. The molecule has 0 saturated heterocycles. The maximum absolute atomic E-state index is 13.4. The molecule has 1 atom stereocenters. The topological polar surface area (TPSA) is 96.5 Å². The van der Waals surface area contributed by atoms with Gasteiger partial charge in [0.1, 0.15) is 12.4 Å². The van der Waals surface area contributed by atoms with Crippen molar-refractivity contribution in [3.8, 4) is 5.75 Å². The number of benzene rings is 2. The van der Waals surface area contributed by atoms with Gasteiger partial charge in [0, 0.05) is 22.5 Å². The van der Waals surface area contributed by atoms with Gasteiger partial charge in [0.15, 0.2) is 0 Å². The molecule has 2 aromatic carbocycles. The number of ether oxygens (including phenoxy) is 1. The first-order chi connectivity index (χ1) is 17.0. The zero-order chi connectivity index (χ0) is 25.7. The van der Waals surface area contributed by atoms with E-state index in [2.05, 4.69) is 4.98 Å². The number of H-pyrrole nitrogens is 1. The van der Waals surface area contributed by atoms with Crippen molar-refractivity contribution in [3.63, 3.8) is 0 Å². The summed E-state index contributed by atoms with van der Waals surface area (Å²) in [7, 11) is -5.49. The zero-order valence-electron chi connectivity index (χ0n) is 19.4. The van der Waals surface area contributed by atoms with E-state index >= 15 is 0 Å². The van der Waals surface area contributed by atoms with Crippen LogP contribution in [0.5, 0.6) is 5.75 Å². The Balaban J connectivity index is 1.41. The Labute approximate surface area is 206 Å². The number of carboxylic acid groups (broad SMARTS) is 1. The number of fused-ring (bicyclic) bond motifs is 3. The van der Waals surface area contributed by atoms with E-state index in [9.17, 15) is 26.4 Å². The second-order valence-corrected chi connectivity index (χ2v) is 11.6. The SMILES string of the molecule is O=C(O)C[C@H]1CCc2c1[nH]c1ccc(OCc3ccc(C4CCCC4)c(S(=O)(=O)C(F)(F)F)c3)cc21. The van der Waals surface area contributed by atoms with Gasteiger partial charge >= 0.3 is 11.5 Å². The van der Waals surface area contributed by atoms with Crippen molar-refractivity contribution in [3.05, 3.63) is 58.8 Å². The molecule has 1 saturated carbocycles. The minimum absolute atomic E-state index is 0.0587. The van der Waals surface area contributed by atoms with E-state index in [1.54, 1.807) is 12.1 Å². The number of hydrogen-bond donors (Lipinski definition) is 2. The lowest BCUT2D eigenvalue weighted by atomic mass is 9.96. The molecule has 1 fully saturated rings. The molecule has 6 nitrogen and oxygen atoms in total. The van der Waals surface area contributed by atoms with Gasteiger partial charge in [-0.25, -0.2) is 8.42 Å². The number of nitrogens with one attached hydrogen (secondary N) is 1. The molecule has 0 unspecified atom stereocenters. The summed E-state index contributed by atoms with van der Waals surface area (Å²) in [5.74, 6) is -0.621. The van der Waals surface area contributed by atoms with Crippen LogP contribution in [0.2, 0.25) is 0 Å². The summed E-state index contributed by atoms with van der Waals surface area (Å²) in [4.78, 5) is 13.8. The van der Waals surface area contributed by atoms with Gasteiger partial charge in [-0.1, -0.05) is 25.0 Å². The van der Waals surface area contributed by atoms with Crippen LogP contribution in [-0.2, 0) is 27.7 Å². The van der Waals surface area contributed by atoms with Gasteiger partial charge in [0.05, 0.1) is 11.3 Å². The number of rotatable bonds is 7. The molecule has 36 heavy (non-hydrogen) atoms. The van der Waals surface area contributed by atoms with Gasteiger partial charge in [0.25, 0.3) is 9.84 Å². The molecular weight excluding hydrogens is 495 g/mol. The average Bonchev–Trinajstić information content (AvgIpc) is 3.55. The average molecular weight is 522 g/mol. The van der Waals surface area contributed by atoms with Crippen molar-refractivity contribution < 1.29 is 36.2 Å². The summed E-state index contributed by atoms with van der Waals surface area (Å²) in [6.45, 7) is -0.0922. The lowest BCUT2D eigenvalue weighted by Crippen LogP contribution is -2.25. The highest BCUT2D eigenvalue weighted by molar-refractivity contribution is 7.92. The van der Waals surface area contributed by atoms with Crippen molar-refractivity contribution in [2.75, 3.05) is 0 Å². The Kier molecular flexibility index (Phi) is 6.26. The number of hydrogen-bond acceptors (Lipinski definition) is 4. The standard InChI is InChI=1S/C26H26F3NO5S/c27-26(28,29)36(33,34)23-11-15(5-8-19(23)16-3-1-2-4-16)14-35-18-7-10-22-21(13-18)20-9-6-17(12-24(31)32)25(20)30-22/h5,7-8,10-11,13,16-17,30H,1-4,6,9,12,14H2,(H,31,32)/t17-/m1/s1. The molecule has 2 N–H and O–H groups in total. The van der Waals surface area contributed by atoms with Crippen molar-refractivity contribution >= 4 is 26.7 Å². The summed E-state index contributed by atoms with van der Waals surface area (Å²) in [5.41, 5.74) is -1.97. The molecule has 3 aromatic rings. The third-order valence-corrected chi connectivity index (χ3v) is 8.90. The van der Waals surface area contributed by atoms with Crippen molar-refractivity contribution in [2.45, 2.75) is 73.8 Å². The monoisotopic (exact) mass is 521 g/mol. The van der Waals surface area contributed by atoms with Gasteiger partial charge in [0.2, 0.25) is 0 Å². The molecule has 192 valence electrons. The lowest BCUT2D eigenvalue weighted by Gasteiger charge is -2.18. The van der Waals surface area contributed by atoms with Crippen molar-refractivity contribution in [2.24, 2.45) is 0 Å². The first-order valence-corrected chi connectivity index (χ1v) is 13.5. The highest BCUT2D eigenvalue weighted by atomic mass is 32.2. The number of alkyl halides is 3. The van der Waals surface area contributed by atoms with Gasteiger partial charge in [-0.2, -0.15) is 13.2 Å². The summed E-state index contributed by atoms with van der Waals surface area (Å²) >= 11 is 0. The first-order valence-electron chi connectivity index (χ1n) is 12.0. The molecule has 0 bridgehead atoms. The second kappa shape index (κ2) is 9.14. The Morgan fingerprint density at radius 3 is 2.53 bits per heavy atom. The van der Waals surface area contributed by atoms with E-state index in [-0.39, 0.29) is 30.4 Å². The predicted octanol–water partition coefficient (Wildman–Crippen LogP) is 6.20. The van der Waals surface area contributed by atoms with E-state index in [1.165, 1.54) is 6.07 Å². The number of aliphatic carboxylic acids is 1. The number of sulfone groups is 1. The largest absolute Gasteiger partial charge is 0.501 e. The second-order valence-electron chi connectivity index (χ2n) is 9.65. The fourth-order valence-electron chi connectivity index (χ4n) is 5.60. The van der Waals surface area contributed by atoms with Crippen LogP contribution in [0.15, 0.2) is 41.3 Å². The van der Waals surface area contributed by atoms with Crippen LogP contribution in [0.25, 0.3) is 10.9 Å². The van der Waals surface area contributed by atoms with Crippen LogP contribution in [0, 0.1) is 0 Å².